The molecule has 1 aliphatic heterocycles. The first-order valence-electron chi connectivity index (χ1n) is 6.27. The van der Waals surface area contributed by atoms with Gasteiger partial charge in [-0.25, -0.2) is 5.43 Å². The van der Waals surface area contributed by atoms with E-state index in [1.54, 1.807) is 12.1 Å². The smallest absolute Gasteiger partial charge is 0.242 e. The van der Waals surface area contributed by atoms with Crippen molar-refractivity contribution in [3.05, 3.63) is 29.8 Å². The third-order valence-corrected chi connectivity index (χ3v) is 2.82. The van der Waals surface area contributed by atoms with E-state index in [0.29, 0.717) is 13.1 Å². The molecular formula is C13H16N4O3. The second kappa shape index (κ2) is 6.67. The van der Waals surface area contributed by atoms with Crippen molar-refractivity contribution in [2.24, 2.45) is 5.10 Å². The monoisotopic (exact) mass is 276 g/mol. The summed E-state index contributed by atoms with van der Waals surface area (Å²) in [7, 11) is 0. The molecule has 7 nitrogen and oxygen atoms in total. The van der Waals surface area contributed by atoms with Gasteiger partial charge in [-0.1, -0.05) is 0 Å². The van der Waals surface area contributed by atoms with Crippen molar-refractivity contribution in [1.29, 1.82) is 0 Å². The molecule has 0 unspecified atom stereocenters. The first-order chi connectivity index (χ1) is 9.65. The first kappa shape index (κ1) is 14.0. The van der Waals surface area contributed by atoms with Crippen molar-refractivity contribution in [3.8, 4) is 5.75 Å². The van der Waals surface area contributed by atoms with Gasteiger partial charge in [0.2, 0.25) is 11.8 Å². The second-order valence-corrected chi connectivity index (χ2v) is 4.39. The third kappa shape index (κ3) is 4.06. The van der Waals surface area contributed by atoms with E-state index in [-0.39, 0.29) is 24.0 Å². The number of rotatable bonds is 4. The molecule has 0 aliphatic carbocycles. The molecule has 0 aromatic heterocycles. The van der Waals surface area contributed by atoms with Crippen molar-refractivity contribution in [2.45, 2.75) is 12.5 Å². The van der Waals surface area contributed by atoms with E-state index < -0.39 is 6.04 Å². The molecular weight excluding hydrogens is 260 g/mol. The van der Waals surface area contributed by atoms with Crippen LogP contribution in [0.3, 0.4) is 0 Å². The van der Waals surface area contributed by atoms with Crippen LogP contribution in [0.25, 0.3) is 0 Å². The average molecular weight is 276 g/mol. The minimum Gasteiger partial charge on any atom is -0.508 e. The number of amides is 2. The minimum atomic E-state index is -0.507. The zero-order chi connectivity index (χ0) is 14.4. The molecule has 106 valence electrons. The fraction of sp³-hybridized carbons (Fsp3) is 0.308. The highest BCUT2D eigenvalue weighted by Gasteiger charge is 2.23. The number of hydrazone groups is 1. The molecule has 1 heterocycles. The lowest BCUT2D eigenvalue weighted by atomic mass is 10.1. The van der Waals surface area contributed by atoms with Gasteiger partial charge in [0.1, 0.15) is 5.75 Å². The van der Waals surface area contributed by atoms with Crippen LogP contribution in [0.5, 0.6) is 5.75 Å². The van der Waals surface area contributed by atoms with Gasteiger partial charge in [-0.3, -0.25) is 9.59 Å². The molecule has 2 amide bonds. The molecule has 1 aliphatic rings. The van der Waals surface area contributed by atoms with Crippen LogP contribution in [0.4, 0.5) is 0 Å². The second-order valence-electron chi connectivity index (χ2n) is 4.39. The van der Waals surface area contributed by atoms with E-state index in [2.05, 4.69) is 21.2 Å². The molecule has 20 heavy (non-hydrogen) atoms. The molecule has 1 aromatic rings. The highest BCUT2D eigenvalue weighted by atomic mass is 16.3. The lowest BCUT2D eigenvalue weighted by Gasteiger charge is -2.22. The Balaban J connectivity index is 1.79. The molecule has 1 aromatic carbocycles. The molecule has 0 radical (unpaired) electrons. The van der Waals surface area contributed by atoms with Crippen LogP contribution in [0, 0.1) is 0 Å². The molecule has 0 saturated carbocycles. The lowest BCUT2D eigenvalue weighted by molar-refractivity contribution is -0.129. The summed E-state index contributed by atoms with van der Waals surface area (Å²) in [5.74, 6) is -0.343. The Bertz CT molecular complexity index is 513. The first-order valence-corrected chi connectivity index (χ1v) is 6.27. The molecule has 1 atom stereocenters. The molecule has 2 rings (SSSR count). The number of nitrogens with zero attached hydrogens (tertiary/aromatic N) is 1. The van der Waals surface area contributed by atoms with Crippen molar-refractivity contribution >= 4 is 18.0 Å². The standard InChI is InChI=1S/C13H16N4O3/c18-10-3-1-9(2-4-10)8-16-17-12(19)7-11-13(20)15-6-5-14-11/h1-4,8,11,14,18H,5-7H2,(H,15,20)(H,17,19)/b16-8-/t11-/m1/s1. The summed E-state index contributed by atoms with van der Waals surface area (Å²) in [6, 6.07) is 5.88. The Labute approximate surface area is 116 Å². The normalized spacial score (nSPS) is 18.8. The fourth-order valence-corrected chi connectivity index (χ4v) is 1.78. The van der Waals surface area contributed by atoms with Crippen molar-refractivity contribution in [3.63, 3.8) is 0 Å². The lowest BCUT2D eigenvalue weighted by Crippen LogP contribution is -2.54. The van der Waals surface area contributed by atoms with Gasteiger partial charge < -0.3 is 15.7 Å². The number of hydrogen-bond donors (Lipinski definition) is 4. The van der Waals surface area contributed by atoms with Crippen molar-refractivity contribution in [1.82, 2.24) is 16.1 Å². The van der Waals surface area contributed by atoms with Crippen molar-refractivity contribution in [2.75, 3.05) is 13.1 Å². The van der Waals surface area contributed by atoms with Crippen molar-refractivity contribution < 1.29 is 14.7 Å². The van der Waals surface area contributed by atoms with Gasteiger partial charge in [-0.2, -0.15) is 5.10 Å². The van der Waals surface area contributed by atoms with Crippen LogP contribution in [0.1, 0.15) is 12.0 Å². The number of phenolic OH excluding ortho intramolecular Hbond substituents is 1. The molecule has 7 heteroatoms. The highest BCUT2D eigenvalue weighted by molar-refractivity contribution is 5.89. The molecule has 1 fully saturated rings. The number of piperazine rings is 1. The Morgan fingerprint density at radius 3 is 2.85 bits per heavy atom. The topological polar surface area (TPSA) is 103 Å². The van der Waals surface area contributed by atoms with Crippen LogP contribution in [0.15, 0.2) is 29.4 Å². The number of aromatic hydroxyl groups is 1. The quantitative estimate of drug-likeness (QED) is 0.432. The largest absolute Gasteiger partial charge is 0.508 e. The predicted molar refractivity (Wildman–Crippen MR) is 73.3 cm³/mol. The SMILES string of the molecule is O=C(C[C@H]1NCCNC1=O)N/N=C\c1ccc(O)cc1. The van der Waals surface area contributed by atoms with Gasteiger partial charge in [-0.05, 0) is 29.8 Å². The summed E-state index contributed by atoms with van der Waals surface area (Å²) in [6.07, 6.45) is 1.50. The van der Waals surface area contributed by atoms with E-state index in [1.165, 1.54) is 18.3 Å². The number of benzene rings is 1. The van der Waals surface area contributed by atoms with E-state index in [9.17, 15) is 9.59 Å². The molecule has 1 saturated heterocycles. The molecule has 0 bridgehead atoms. The number of carbonyl (C=O) groups is 2. The number of carbonyl (C=O) groups excluding carboxylic acids is 2. The summed E-state index contributed by atoms with van der Waals surface area (Å²) < 4.78 is 0. The van der Waals surface area contributed by atoms with Crippen LogP contribution in [0.2, 0.25) is 0 Å². The van der Waals surface area contributed by atoms with Gasteiger partial charge in [-0.15, -0.1) is 0 Å². The Morgan fingerprint density at radius 1 is 1.40 bits per heavy atom. The van der Waals surface area contributed by atoms with Crippen LogP contribution >= 0.6 is 0 Å². The Kier molecular flexibility index (Phi) is 4.67. The van der Waals surface area contributed by atoms with Crippen LogP contribution in [-0.4, -0.2) is 42.3 Å². The van der Waals surface area contributed by atoms with E-state index in [0.717, 1.165) is 5.56 Å². The van der Waals surface area contributed by atoms with Gasteiger partial charge >= 0.3 is 0 Å². The zero-order valence-electron chi connectivity index (χ0n) is 10.8. The number of phenols is 1. The average Bonchev–Trinajstić information content (AvgIpc) is 2.44. The summed E-state index contributed by atoms with van der Waals surface area (Å²) >= 11 is 0. The minimum absolute atomic E-state index is 0.0404. The van der Waals surface area contributed by atoms with Crippen LogP contribution < -0.4 is 16.1 Å². The maximum absolute atomic E-state index is 11.6. The molecule has 4 N–H and O–H groups in total. The van der Waals surface area contributed by atoms with Gasteiger partial charge in [0.05, 0.1) is 18.7 Å². The zero-order valence-corrected chi connectivity index (χ0v) is 10.8. The predicted octanol–water partition coefficient (Wildman–Crippen LogP) is -0.680. The molecule has 0 spiro atoms. The summed E-state index contributed by atoms with van der Waals surface area (Å²) in [4.78, 5) is 23.1. The maximum atomic E-state index is 11.6. The van der Waals surface area contributed by atoms with Gasteiger partial charge in [0.15, 0.2) is 0 Å². The third-order valence-electron chi connectivity index (χ3n) is 2.82. The Hall–Kier alpha value is -2.41. The summed E-state index contributed by atoms with van der Waals surface area (Å²) in [5, 5.41) is 18.6. The Morgan fingerprint density at radius 2 is 2.15 bits per heavy atom. The van der Waals surface area contributed by atoms with Gasteiger partial charge in [0, 0.05) is 13.1 Å². The summed E-state index contributed by atoms with van der Waals surface area (Å²) in [5.41, 5.74) is 3.11. The summed E-state index contributed by atoms with van der Waals surface area (Å²) in [6.45, 7) is 1.23. The van der Waals surface area contributed by atoms with E-state index in [1.807, 2.05) is 0 Å². The van der Waals surface area contributed by atoms with E-state index in [4.69, 9.17) is 5.11 Å². The maximum Gasteiger partial charge on any atom is 0.242 e. The number of nitrogens with one attached hydrogen (secondary N) is 3. The number of hydrogen-bond acceptors (Lipinski definition) is 5. The highest BCUT2D eigenvalue weighted by Crippen LogP contribution is 2.07. The van der Waals surface area contributed by atoms with Crippen LogP contribution in [-0.2, 0) is 9.59 Å². The fourth-order valence-electron chi connectivity index (χ4n) is 1.78. The van der Waals surface area contributed by atoms with Gasteiger partial charge in [0.25, 0.3) is 0 Å². The van der Waals surface area contributed by atoms with E-state index >= 15 is 0 Å².